The first-order valence-corrected chi connectivity index (χ1v) is 11.0. The number of nitrogens with zero attached hydrogens (tertiary/aromatic N) is 1. The van der Waals surface area contributed by atoms with Crippen LogP contribution >= 0.6 is 23.2 Å². The zero-order valence-electron chi connectivity index (χ0n) is 18.3. The molecule has 3 rings (SSSR count). The number of halogens is 2. The van der Waals surface area contributed by atoms with E-state index >= 15 is 0 Å². The van der Waals surface area contributed by atoms with E-state index in [-0.39, 0.29) is 23.7 Å². The van der Waals surface area contributed by atoms with Gasteiger partial charge in [-0.3, -0.25) is 14.5 Å². The summed E-state index contributed by atoms with van der Waals surface area (Å²) in [6, 6.07) is 13.0. The van der Waals surface area contributed by atoms with Crippen LogP contribution in [-0.2, 0) is 26.3 Å². The molecule has 7 heteroatoms. The Labute approximate surface area is 193 Å². The van der Waals surface area contributed by atoms with E-state index in [2.05, 4.69) is 31.0 Å². The minimum Gasteiger partial charge on any atom is -0.469 e. The number of benzene rings is 2. The average molecular weight is 463 g/mol. The normalized spacial score (nSPS) is 18.1. The van der Waals surface area contributed by atoms with Crippen LogP contribution in [0, 0.1) is 5.41 Å². The van der Waals surface area contributed by atoms with E-state index in [0.29, 0.717) is 35.2 Å². The highest BCUT2D eigenvalue weighted by Crippen LogP contribution is 2.45. The maximum atomic E-state index is 13.7. The van der Waals surface area contributed by atoms with Gasteiger partial charge in [0, 0.05) is 40.8 Å². The Morgan fingerprint density at radius 3 is 2.48 bits per heavy atom. The van der Waals surface area contributed by atoms with Gasteiger partial charge in [-0.15, -0.1) is 0 Å². The van der Waals surface area contributed by atoms with Gasteiger partial charge in [0.05, 0.1) is 13.5 Å². The van der Waals surface area contributed by atoms with Gasteiger partial charge in [-0.05, 0) is 35.2 Å². The Morgan fingerprint density at radius 2 is 1.84 bits per heavy atom. The molecular weight excluding hydrogens is 435 g/mol. The second-order valence-electron chi connectivity index (χ2n) is 9.12. The number of hydrogen-bond acceptors (Lipinski definition) is 4. The third kappa shape index (κ3) is 5.22. The molecule has 2 aromatic carbocycles. The smallest absolute Gasteiger partial charge is 0.306 e. The standard InChI is InChI=1S/C24H28Cl2N2O3/c1-23(2,3)15-28(11-10-21(29)31-4)24(14-16-6-5-7-17(25)12-16)19-9-8-18(26)13-20(19)27-22(24)30/h5-9,12-13H,10-11,14-15H2,1-4H3,(H,27,30). The van der Waals surface area contributed by atoms with Crippen molar-refractivity contribution in [3.8, 4) is 0 Å². The summed E-state index contributed by atoms with van der Waals surface area (Å²) in [6.45, 7) is 7.31. The number of hydrogen-bond donors (Lipinski definition) is 1. The maximum absolute atomic E-state index is 13.7. The number of ether oxygens (including phenoxy) is 1. The van der Waals surface area contributed by atoms with Gasteiger partial charge in [-0.1, -0.05) is 62.2 Å². The number of carbonyl (C=O) groups is 2. The molecule has 0 saturated heterocycles. The third-order valence-corrected chi connectivity index (χ3v) is 5.89. The van der Waals surface area contributed by atoms with Crippen LogP contribution in [0.2, 0.25) is 10.0 Å². The van der Waals surface area contributed by atoms with Crippen molar-refractivity contribution in [2.45, 2.75) is 39.2 Å². The number of methoxy groups -OCH3 is 1. The molecule has 1 unspecified atom stereocenters. The van der Waals surface area contributed by atoms with Crippen molar-refractivity contribution >= 4 is 40.8 Å². The van der Waals surface area contributed by atoms with Gasteiger partial charge in [-0.2, -0.15) is 0 Å². The van der Waals surface area contributed by atoms with Gasteiger partial charge < -0.3 is 10.1 Å². The van der Waals surface area contributed by atoms with Crippen LogP contribution in [0.4, 0.5) is 5.69 Å². The zero-order chi connectivity index (χ0) is 22.8. The lowest BCUT2D eigenvalue weighted by atomic mass is 9.81. The molecule has 0 saturated carbocycles. The lowest BCUT2D eigenvalue weighted by molar-refractivity contribution is -0.142. The fourth-order valence-corrected chi connectivity index (χ4v) is 4.56. The van der Waals surface area contributed by atoms with Crippen molar-refractivity contribution < 1.29 is 14.3 Å². The summed E-state index contributed by atoms with van der Waals surface area (Å²) < 4.78 is 4.87. The Balaban J connectivity index is 2.15. The van der Waals surface area contributed by atoms with Gasteiger partial charge in [0.2, 0.25) is 5.91 Å². The number of esters is 1. The number of anilines is 1. The predicted molar refractivity (Wildman–Crippen MR) is 125 cm³/mol. The van der Waals surface area contributed by atoms with E-state index in [1.165, 1.54) is 7.11 Å². The van der Waals surface area contributed by atoms with Crippen LogP contribution in [0.1, 0.15) is 38.3 Å². The van der Waals surface area contributed by atoms with E-state index in [9.17, 15) is 9.59 Å². The molecule has 166 valence electrons. The molecule has 0 aromatic heterocycles. The fraction of sp³-hybridized carbons (Fsp3) is 0.417. The van der Waals surface area contributed by atoms with Gasteiger partial charge in [0.15, 0.2) is 0 Å². The molecule has 0 radical (unpaired) electrons. The monoisotopic (exact) mass is 462 g/mol. The molecule has 0 fully saturated rings. The Bertz CT molecular complexity index is 987. The van der Waals surface area contributed by atoms with Gasteiger partial charge in [0.25, 0.3) is 0 Å². The molecule has 2 aromatic rings. The number of rotatable bonds is 7. The first kappa shape index (κ1) is 23.6. The van der Waals surface area contributed by atoms with Crippen LogP contribution in [-0.4, -0.2) is 37.0 Å². The molecule has 0 spiro atoms. The van der Waals surface area contributed by atoms with Crippen molar-refractivity contribution in [3.63, 3.8) is 0 Å². The third-order valence-electron chi connectivity index (χ3n) is 5.42. The highest BCUT2D eigenvalue weighted by atomic mass is 35.5. The second kappa shape index (κ2) is 9.19. The Hall–Kier alpha value is -2.08. The molecule has 1 atom stereocenters. The summed E-state index contributed by atoms with van der Waals surface area (Å²) in [5, 5.41) is 4.18. The topological polar surface area (TPSA) is 58.6 Å². The minimum absolute atomic E-state index is 0.118. The largest absolute Gasteiger partial charge is 0.469 e. The van der Waals surface area contributed by atoms with Crippen LogP contribution in [0.15, 0.2) is 42.5 Å². The zero-order valence-corrected chi connectivity index (χ0v) is 19.8. The Morgan fingerprint density at radius 1 is 1.13 bits per heavy atom. The van der Waals surface area contributed by atoms with Crippen molar-refractivity contribution in [2.75, 3.05) is 25.5 Å². The van der Waals surface area contributed by atoms with Gasteiger partial charge >= 0.3 is 5.97 Å². The number of nitrogens with one attached hydrogen (secondary N) is 1. The quantitative estimate of drug-likeness (QED) is 0.567. The van der Waals surface area contributed by atoms with E-state index in [1.54, 1.807) is 12.1 Å². The van der Waals surface area contributed by atoms with Gasteiger partial charge in [0.1, 0.15) is 5.54 Å². The summed E-state index contributed by atoms with van der Waals surface area (Å²) in [4.78, 5) is 27.7. The average Bonchev–Trinajstić information content (AvgIpc) is 2.95. The molecule has 1 N–H and O–H groups in total. The number of carbonyl (C=O) groups excluding carboxylic acids is 2. The summed E-state index contributed by atoms with van der Waals surface area (Å²) in [5.74, 6) is -0.453. The SMILES string of the molecule is COC(=O)CCN(CC(C)(C)C)C1(Cc2cccc(Cl)c2)C(=O)Nc2cc(Cl)ccc21. The van der Waals surface area contributed by atoms with Crippen LogP contribution < -0.4 is 5.32 Å². The van der Waals surface area contributed by atoms with E-state index < -0.39 is 5.54 Å². The molecule has 31 heavy (non-hydrogen) atoms. The molecule has 0 bridgehead atoms. The molecule has 1 heterocycles. The molecule has 1 aliphatic heterocycles. The van der Waals surface area contributed by atoms with Crippen molar-refractivity contribution in [1.82, 2.24) is 4.90 Å². The Kier molecular flexibility index (Phi) is 6.99. The van der Waals surface area contributed by atoms with Crippen molar-refractivity contribution in [3.05, 3.63) is 63.6 Å². The van der Waals surface area contributed by atoms with E-state index in [0.717, 1.165) is 11.1 Å². The highest BCUT2D eigenvalue weighted by molar-refractivity contribution is 6.31. The molecule has 0 aliphatic carbocycles. The molecule has 5 nitrogen and oxygen atoms in total. The number of fused-ring (bicyclic) bond motifs is 1. The molecule has 1 aliphatic rings. The van der Waals surface area contributed by atoms with E-state index in [1.807, 2.05) is 30.3 Å². The summed E-state index contributed by atoms with van der Waals surface area (Å²) in [5.41, 5.74) is 1.34. The molecule has 1 amide bonds. The summed E-state index contributed by atoms with van der Waals surface area (Å²) in [6.07, 6.45) is 0.589. The first-order chi connectivity index (χ1) is 14.5. The van der Waals surface area contributed by atoms with Crippen molar-refractivity contribution in [1.29, 1.82) is 0 Å². The minimum atomic E-state index is -1.01. The van der Waals surface area contributed by atoms with Crippen molar-refractivity contribution in [2.24, 2.45) is 5.41 Å². The lowest BCUT2D eigenvalue weighted by Crippen LogP contribution is -2.55. The summed E-state index contributed by atoms with van der Waals surface area (Å²) in [7, 11) is 1.37. The van der Waals surface area contributed by atoms with Gasteiger partial charge in [-0.25, -0.2) is 0 Å². The molecular formula is C24H28Cl2N2O3. The summed E-state index contributed by atoms with van der Waals surface area (Å²) >= 11 is 12.5. The first-order valence-electron chi connectivity index (χ1n) is 10.2. The maximum Gasteiger partial charge on any atom is 0.306 e. The highest BCUT2D eigenvalue weighted by Gasteiger charge is 2.51. The van der Waals surface area contributed by atoms with Crippen LogP contribution in [0.3, 0.4) is 0 Å². The fourth-order valence-electron chi connectivity index (χ4n) is 4.18. The predicted octanol–water partition coefficient (Wildman–Crippen LogP) is 5.29. The van der Waals surface area contributed by atoms with Crippen LogP contribution in [0.25, 0.3) is 0 Å². The van der Waals surface area contributed by atoms with Crippen LogP contribution in [0.5, 0.6) is 0 Å². The lowest BCUT2D eigenvalue weighted by Gasteiger charge is -2.43. The number of amides is 1. The van der Waals surface area contributed by atoms with E-state index in [4.69, 9.17) is 27.9 Å². The second-order valence-corrected chi connectivity index (χ2v) is 9.99.